The van der Waals surface area contributed by atoms with Crippen LogP contribution in [0.1, 0.15) is 30.2 Å². The lowest BCUT2D eigenvalue weighted by Gasteiger charge is -2.07. The van der Waals surface area contributed by atoms with Crippen molar-refractivity contribution in [3.05, 3.63) is 47.6 Å². The summed E-state index contributed by atoms with van der Waals surface area (Å²) < 4.78 is 14.0. The molecule has 0 fully saturated rings. The smallest absolute Gasteiger partial charge is 0.124 e. The van der Waals surface area contributed by atoms with Gasteiger partial charge in [-0.15, -0.1) is 17.9 Å². The summed E-state index contributed by atoms with van der Waals surface area (Å²) in [5.41, 5.74) is 6.12. The quantitative estimate of drug-likeness (QED) is 0.617. The molecule has 0 amide bonds. The maximum absolute atomic E-state index is 13.1. The van der Waals surface area contributed by atoms with Crippen LogP contribution >= 0.6 is 11.3 Å². The Morgan fingerprint density at radius 1 is 1.41 bits per heavy atom. The van der Waals surface area contributed by atoms with E-state index in [0.29, 0.717) is 0 Å². The Bertz CT molecular complexity index is 518. The van der Waals surface area contributed by atoms with Crippen LogP contribution in [0.4, 0.5) is 4.39 Å². The first-order valence-corrected chi connectivity index (χ1v) is 6.58. The van der Waals surface area contributed by atoms with Crippen LogP contribution < -0.4 is 5.73 Å². The molecule has 2 aromatic rings. The molecular formula is C14H16FNS. The predicted molar refractivity (Wildman–Crippen MR) is 72.8 cm³/mol. The monoisotopic (exact) mass is 249 g/mol. The minimum atomic E-state index is -0.189. The Morgan fingerprint density at radius 2 is 2.24 bits per heavy atom. The highest BCUT2D eigenvalue weighted by atomic mass is 32.1. The Hall–Kier alpha value is -1.19. The van der Waals surface area contributed by atoms with E-state index in [1.807, 2.05) is 6.08 Å². The number of benzene rings is 1. The van der Waals surface area contributed by atoms with Crippen molar-refractivity contribution in [1.82, 2.24) is 0 Å². The molecule has 1 unspecified atom stereocenters. The number of fused-ring (bicyclic) bond motifs is 1. The van der Waals surface area contributed by atoms with Crippen molar-refractivity contribution in [2.75, 3.05) is 0 Å². The van der Waals surface area contributed by atoms with Crippen LogP contribution in [0.2, 0.25) is 0 Å². The van der Waals surface area contributed by atoms with Gasteiger partial charge in [-0.2, -0.15) is 0 Å². The summed E-state index contributed by atoms with van der Waals surface area (Å²) in [6.07, 6.45) is 4.90. The third kappa shape index (κ3) is 2.93. The molecule has 0 aliphatic rings. The third-order valence-electron chi connectivity index (χ3n) is 2.79. The van der Waals surface area contributed by atoms with Crippen molar-refractivity contribution in [3.63, 3.8) is 0 Å². The number of hydrogen-bond donors (Lipinski definition) is 1. The zero-order chi connectivity index (χ0) is 12.3. The topological polar surface area (TPSA) is 26.0 Å². The highest BCUT2D eigenvalue weighted by molar-refractivity contribution is 7.19. The number of rotatable bonds is 5. The van der Waals surface area contributed by atoms with Crippen molar-refractivity contribution < 1.29 is 4.39 Å². The third-order valence-corrected chi connectivity index (χ3v) is 4.02. The summed E-state index contributed by atoms with van der Waals surface area (Å²) in [5.74, 6) is -0.189. The largest absolute Gasteiger partial charge is 0.323 e. The normalized spacial score (nSPS) is 12.8. The number of hydrogen-bond acceptors (Lipinski definition) is 2. The van der Waals surface area contributed by atoms with Gasteiger partial charge in [-0.05, 0) is 42.8 Å². The van der Waals surface area contributed by atoms with E-state index in [1.165, 1.54) is 6.07 Å². The molecule has 0 aliphatic carbocycles. The lowest BCUT2D eigenvalue weighted by molar-refractivity contribution is 0.626. The number of thiophene rings is 1. The van der Waals surface area contributed by atoms with Gasteiger partial charge in [0.2, 0.25) is 0 Å². The zero-order valence-corrected chi connectivity index (χ0v) is 10.5. The minimum absolute atomic E-state index is 0.0513. The molecule has 3 heteroatoms. The lowest BCUT2D eigenvalue weighted by Crippen LogP contribution is -2.07. The van der Waals surface area contributed by atoms with Crippen molar-refractivity contribution in [2.24, 2.45) is 5.73 Å². The standard InChI is InChI=1S/C14H16FNS/c1-2-3-4-5-12(16)14-8-10-6-7-11(15)9-13(10)17-14/h2,6-9,12H,1,3-5,16H2. The highest BCUT2D eigenvalue weighted by Gasteiger charge is 2.10. The van der Waals surface area contributed by atoms with Gasteiger partial charge in [0.25, 0.3) is 0 Å². The molecule has 1 heterocycles. The Balaban J connectivity index is 2.15. The molecule has 1 aromatic carbocycles. The fourth-order valence-corrected chi connectivity index (χ4v) is 2.96. The van der Waals surface area contributed by atoms with Gasteiger partial charge in [-0.3, -0.25) is 0 Å². The van der Waals surface area contributed by atoms with E-state index in [-0.39, 0.29) is 11.9 Å². The summed E-state index contributed by atoms with van der Waals surface area (Å²) in [4.78, 5) is 1.13. The van der Waals surface area contributed by atoms with Crippen molar-refractivity contribution >= 4 is 21.4 Å². The SMILES string of the molecule is C=CCCCC(N)c1cc2ccc(F)cc2s1. The second-order valence-electron chi connectivity index (χ2n) is 4.16. The summed E-state index contributed by atoms with van der Waals surface area (Å²) in [5, 5.41) is 1.07. The summed E-state index contributed by atoms with van der Waals surface area (Å²) in [6, 6.07) is 6.98. The Kier molecular flexibility index (Phi) is 3.92. The fraction of sp³-hybridized carbons (Fsp3) is 0.286. The number of nitrogens with two attached hydrogens (primary N) is 1. The van der Waals surface area contributed by atoms with Gasteiger partial charge < -0.3 is 5.73 Å². The average molecular weight is 249 g/mol. The molecule has 0 bridgehead atoms. The molecule has 0 spiro atoms. The van der Waals surface area contributed by atoms with Crippen LogP contribution in [0.3, 0.4) is 0 Å². The maximum Gasteiger partial charge on any atom is 0.124 e. The Labute approximate surface area is 105 Å². The molecule has 0 saturated heterocycles. The summed E-state index contributed by atoms with van der Waals surface area (Å²) >= 11 is 1.59. The molecule has 1 atom stereocenters. The molecule has 1 aromatic heterocycles. The molecule has 17 heavy (non-hydrogen) atoms. The summed E-state index contributed by atoms with van der Waals surface area (Å²) in [7, 11) is 0. The fourth-order valence-electron chi connectivity index (χ4n) is 1.83. The van der Waals surface area contributed by atoms with Crippen LogP contribution in [-0.4, -0.2) is 0 Å². The number of allylic oxidation sites excluding steroid dienone is 1. The summed E-state index contributed by atoms with van der Waals surface area (Å²) in [6.45, 7) is 3.69. The van der Waals surface area contributed by atoms with Gasteiger partial charge in [0.05, 0.1) is 0 Å². The molecule has 2 rings (SSSR count). The lowest BCUT2D eigenvalue weighted by atomic mass is 10.1. The molecule has 1 nitrogen and oxygen atoms in total. The number of unbranched alkanes of at least 4 members (excludes halogenated alkanes) is 1. The van der Waals surface area contributed by atoms with E-state index < -0.39 is 0 Å². The van der Waals surface area contributed by atoms with Crippen LogP contribution in [0.25, 0.3) is 10.1 Å². The average Bonchev–Trinajstić information content (AvgIpc) is 2.72. The highest BCUT2D eigenvalue weighted by Crippen LogP contribution is 2.31. The van der Waals surface area contributed by atoms with E-state index in [0.717, 1.165) is 34.2 Å². The van der Waals surface area contributed by atoms with E-state index >= 15 is 0 Å². The van der Waals surface area contributed by atoms with E-state index in [9.17, 15) is 4.39 Å². The van der Waals surface area contributed by atoms with E-state index in [1.54, 1.807) is 23.5 Å². The Morgan fingerprint density at radius 3 is 3.00 bits per heavy atom. The van der Waals surface area contributed by atoms with Crippen LogP contribution in [-0.2, 0) is 0 Å². The molecular weight excluding hydrogens is 233 g/mol. The van der Waals surface area contributed by atoms with E-state index in [2.05, 4.69) is 12.6 Å². The maximum atomic E-state index is 13.1. The minimum Gasteiger partial charge on any atom is -0.323 e. The predicted octanol–water partition coefficient (Wildman–Crippen LogP) is 4.40. The van der Waals surface area contributed by atoms with Crippen molar-refractivity contribution in [3.8, 4) is 0 Å². The molecule has 0 saturated carbocycles. The van der Waals surface area contributed by atoms with Crippen molar-refractivity contribution in [1.29, 1.82) is 0 Å². The van der Waals surface area contributed by atoms with Gasteiger partial charge in [0, 0.05) is 15.6 Å². The second kappa shape index (κ2) is 5.43. The van der Waals surface area contributed by atoms with Gasteiger partial charge in [-0.1, -0.05) is 12.1 Å². The first kappa shape index (κ1) is 12.3. The molecule has 2 N–H and O–H groups in total. The van der Waals surface area contributed by atoms with Crippen LogP contribution in [0.15, 0.2) is 36.9 Å². The first-order valence-electron chi connectivity index (χ1n) is 5.76. The molecule has 0 aliphatic heterocycles. The van der Waals surface area contributed by atoms with Gasteiger partial charge in [0.1, 0.15) is 5.82 Å². The first-order chi connectivity index (χ1) is 8.20. The van der Waals surface area contributed by atoms with Gasteiger partial charge >= 0.3 is 0 Å². The molecule has 90 valence electrons. The molecule has 0 radical (unpaired) electrons. The van der Waals surface area contributed by atoms with Crippen molar-refractivity contribution in [2.45, 2.75) is 25.3 Å². The van der Waals surface area contributed by atoms with Gasteiger partial charge in [0.15, 0.2) is 0 Å². The van der Waals surface area contributed by atoms with Gasteiger partial charge in [-0.25, -0.2) is 4.39 Å². The van der Waals surface area contributed by atoms with Crippen LogP contribution in [0, 0.1) is 5.82 Å². The second-order valence-corrected chi connectivity index (χ2v) is 5.27. The van der Waals surface area contributed by atoms with E-state index in [4.69, 9.17) is 5.73 Å². The zero-order valence-electron chi connectivity index (χ0n) is 9.66. The van der Waals surface area contributed by atoms with Crippen LogP contribution in [0.5, 0.6) is 0 Å². The number of halogens is 1.